The second-order valence-corrected chi connectivity index (χ2v) is 16.2. The van der Waals surface area contributed by atoms with Gasteiger partial charge in [-0.2, -0.15) is 4.39 Å². The normalized spacial score (nSPS) is 17.3. The molecule has 0 spiro atoms. The zero-order chi connectivity index (χ0) is 27.1. The van der Waals surface area contributed by atoms with Crippen LogP contribution in [0.3, 0.4) is 0 Å². The molecule has 0 unspecified atom stereocenters. The number of aryl methyl sites for hydroxylation is 1. The molecule has 2 aliphatic carbocycles. The Kier molecular flexibility index (Phi) is 11.9. The lowest BCUT2D eigenvalue weighted by Crippen LogP contribution is -2.10. The van der Waals surface area contributed by atoms with Crippen molar-refractivity contribution in [3.63, 3.8) is 0 Å². The Bertz CT molecular complexity index is 967. The Morgan fingerprint density at radius 2 is 1.22 bits per heavy atom. The summed E-state index contributed by atoms with van der Waals surface area (Å²) in [5.41, 5.74) is 6.07. The SMILES string of the molecule is CC(C)P(C(C)C)C(C)C.Cc1ccc(C2(C=C(F)Br)CC2)cc1.O=CC1(c2ccc(Cl)cc2)CC1. The van der Waals surface area contributed by atoms with E-state index < -0.39 is 0 Å². The predicted molar refractivity (Wildman–Crippen MR) is 161 cm³/mol. The molecule has 4 rings (SSSR count). The highest BCUT2D eigenvalue weighted by Gasteiger charge is 2.44. The van der Waals surface area contributed by atoms with Gasteiger partial charge in [-0.3, -0.25) is 0 Å². The fourth-order valence-electron chi connectivity index (χ4n) is 4.93. The summed E-state index contributed by atoms with van der Waals surface area (Å²) < 4.78 is 12.5. The van der Waals surface area contributed by atoms with E-state index in [1.807, 2.05) is 24.3 Å². The average Bonchev–Trinajstić information content (AvgIpc) is 3.71. The molecule has 5 heteroatoms. The Labute approximate surface area is 233 Å². The van der Waals surface area contributed by atoms with Crippen molar-refractivity contribution < 1.29 is 9.18 Å². The van der Waals surface area contributed by atoms with Crippen LogP contribution in [0.1, 0.15) is 83.9 Å². The minimum Gasteiger partial charge on any atom is -0.302 e. The minimum atomic E-state index is -0.254. The predicted octanol–water partition coefficient (Wildman–Crippen LogP) is 10.5. The van der Waals surface area contributed by atoms with Crippen molar-refractivity contribution in [2.75, 3.05) is 0 Å². The topological polar surface area (TPSA) is 17.1 Å². The highest BCUT2D eigenvalue weighted by Crippen LogP contribution is 2.51. The minimum absolute atomic E-state index is 0.0265. The highest BCUT2D eigenvalue weighted by atomic mass is 79.9. The molecule has 198 valence electrons. The second-order valence-electron chi connectivity index (χ2n) is 11.0. The number of hydrogen-bond donors (Lipinski definition) is 0. The largest absolute Gasteiger partial charge is 0.302 e. The van der Waals surface area contributed by atoms with Gasteiger partial charge >= 0.3 is 0 Å². The van der Waals surface area contributed by atoms with E-state index in [0.29, 0.717) is 0 Å². The van der Waals surface area contributed by atoms with Crippen molar-refractivity contribution in [3.05, 3.63) is 81.1 Å². The van der Waals surface area contributed by atoms with E-state index in [1.165, 1.54) is 11.1 Å². The fourth-order valence-corrected chi connectivity index (χ4v) is 9.07. The molecule has 2 saturated carbocycles. The number of benzene rings is 2. The van der Waals surface area contributed by atoms with E-state index in [1.54, 1.807) is 6.08 Å². The summed E-state index contributed by atoms with van der Waals surface area (Å²) in [5.74, 6) is 0. The molecule has 2 aromatic rings. The average molecular weight is 596 g/mol. The first-order chi connectivity index (χ1) is 16.9. The number of rotatable bonds is 7. The first-order valence-corrected chi connectivity index (χ1v) is 15.7. The van der Waals surface area contributed by atoms with Crippen LogP contribution in [-0.2, 0) is 15.6 Å². The lowest BCUT2D eigenvalue weighted by Gasteiger charge is -2.29. The maximum Gasteiger partial charge on any atom is 0.162 e. The molecule has 0 bridgehead atoms. The zero-order valence-corrected chi connectivity index (χ0v) is 26.1. The Morgan fingerprint density at radius 1 is 0.833 bits per heavy atom. The molecule has 2 fully saturated rings. The van der Waals surface area contributed by atoms with Gasteiger partial charge in [0.05, 0.1) is 5.41 Å². The van der Waals surface area contributed by atoms with Crippen molar-refractivity contribution in [2.24, 2.45) is 0 Å². The number of hydrogen-bond acceptors (Lipinski definition) is 1. The van der Waals surface area contributed by atoms with Crippen molar-refractivity contribution >= 4 is 41.7 Å². The van der Waals surface area contributed by atoms with Gasteiger partial charge in [0.1, 0.15) is 6.29 Å². The van der Waals surface area contributed by atoms with E-state index >= 15 is 0 Å². The third-order valence-corrected chi connectivity index (χ3v) is 11.1. The number of allylic oxidation sites excluding steroid dienone is 1. The van der Waals surface area contributed by atoms with Crippen LogP contribution in [0.4, 0.5) is 4.39 Å². The van der Waals surface area contributed by atoms with Crippen molar-refractivity contribution in [1.82, 2.24) is 0 Å². The lowest BCUT2D eigenvalue weighted by molar-refractivity contribution is -0.109. The molecule has 2 aromatic carbocycles. The molecule has 1 nitrogen and oxygen atoms in total. The molecular weight excluding hydrogens is 554 g/mol. The van der Waals surface area contributed by atoms with E-state index in [2.05, 4.69) is 88.7 Å². The van der Waals surface area contributed by atoms with Gasteiger partial charge in [0.15, 0.2) is 4.74 Å². The van der Waals surface area contributed by atoms with E-state index in [9.17, 15) is 9.18 Å². The molecule has 36 heavy (non-hydrogen) atoms. The summed E-state index contributed by atoms with van der Waals surface area (Å²) >= 11 is 8.59. The zero-order valence-electron chi connectivity index (χ0n) is 22.8. The van der Waals surface area contributed by atoms with Gasteiger partial charge in [-0.25, -0.2) is 0 Å². The summed E-state index contributed by atoms with van der Waals surface area (Å²) in [4.78, 5) is 10.7. The van der Waals surface area contributed by atoms with E-state index in [4.69, 9.17) is 11.6 Å². The van der Waals surface area contributed by atoms with Gasteiger partial charge in [0, 0.05) is 10.4 Å². The first-order valence-electron chi connectivity index (χ1n) is 13.0. The van der Waals surface area contributed by atoms with Crippen LogP contribution in [-0.4, -0.2) is 23.3 Å². The van der Waals surface area contributed by atoms with Crippen LogP contribution in [0, 0.1) is 6.92 Å². The van der Waals surface area contributed by atoms with Crippen LogP contribution in [0.2, 0.25) is 5.02 Å². The smallest absolute Gasteiger partial charge is 0.162 e. The maximum atomic E-state index is 12.8. The molecule has 0 N–H and O–H groups in total. The van der Waals surface area contributed by atoms with Crippen LogP contribution >= 0.6 is 35.5 Å². The van der Waals surface area contributed by atoms with Gasteiger partial charge in [-0.05, 0) is 94.8 Å². The van der Waals surface area contributed by atoms with Crippen LogP contribution in [0.5, 0.6) is 0 Å². The van der Waals surface area contributed by atoms with Gasteiger partial charge in [0.25, 0.3) is 0 Å². The molecule has 0 saturated heterocycles. The summed E-state index contributed by atoms with van der Waals surface area (Å²) in [6, 6.07) is 15.9. The molecule has 0 aromatic heterocycles. The van der Waals surface area contributed by atoms with Gasteiger partial charge < -0.3 is 4.79 Å². The van der Waals surface area contributed by atoms with Gasteiger partial charge in [0.2, 0.25) is 0 Å². The summed E-state index contributed by atoms with van der Waals surface area (Å²) in [5, 5.41) is 0.723. The number of halogens is 3. The second kappa shape index (κ2) is 13.7. The third kappa shape index (κ3) is 9.07. The molecular formula is C31H42BrClFOP. The molecule has 0 atom stereocenters. The monoisotopic (exact) mass is 594 g/mol. The van der Waals surface area contributed by atoms with E-state index in [-0.39, 0.29) is 23.5 Å². The fraction of sp³-hybridized carbons (Fsp3) is 0.516. The number of carbonyl (C=O) groups is 1. The van der Waals surface area contributed by atoms with Crippen LogP contribution in [0.25, 0.3) is 0 Å². The summed E-state index contributed by atoms with van der Waals surface area (Å²) in [7, 11) is 0.262. The molecule has 0 amide bonds. The standard InChI is InChI=1S/C12H12BrF.C10H9ClO.C9H21P/c1-9-2-4-10(5-3-9)12(6-7-12)8-11(13)14;11-9-3-1-8(2-4-9)10(7-12)5-6-10;1-7(2)10(8(3)4)9(5)6/h2-5,8H,6-7H2,1H3;1-4,7H,5-6H2;7-9H,1-6H3. The van der Waals surface area contributed by atoms with Crippen LogP contribution < -0.4 is 0 Å². The molecule has 2 aliphatic rings. The number of aldehydes is 1. The number of carbonyl (C=O) groups excluding carboxylic acids is 1. The quantitative estimate of drug-likeness (QED) is 0.230. The molecule has 0 heterocycles. The maximum absolute atomic E-state index is 12.8. The third-order valence-electron chi connectivity index (χ3n) is 7.02. The summed E-state index contributed by atoms with van der Waals surface area (Å²) in [6.07, 6.45) is 6.80. The van der Waals surface area contributed by atoms with Crippen LogP contribution in [0.15, 0.2) is 59.3 Å². The highest BCUT2D eigenvalue weighted by molar-refractivity contribution is 9.11. The van der Waals surface area contributed by atoms with Crippen molar-refractivity contribution in [1.29, 1.82) is 0 Å². The van der Waals surface area contributed by atoms with Gasteiger partial charge in [-0.15, -0.1) is 0 Å². The Morgan fingerprint density at radius 3 is 1.53 bits per heavy atom. The molecule has 0 aliphatic heterocycles. The molecule has 0 radical (unpaired) electrons. The van der Waals surface area contributed by atoms with Gasteiger partial charge in [-0.1, -0.05) is 103 Å². The lowest BCUT2D eigenvalue weighted by atomic mass is 9.95. The van der Waals surface area contributed by atoms with E-state index in [0.717, 1.165) is 59.5 Å². The Hall–Kier alpha value is -1.02. The first kappa shape index (κ1) is 31.2. The van der Waals surface area contributed by atoms with Crippen molar-refractivity contribution in [3.8, 4) is 0 Å². The summed E-state index contributed by atoms with van der Waals surface area (Å²) in [6.45, 7) is 16.2. The Balaban J connectivity index is 0.000000194. The van der Waals surface area contributed by atoms with Crippen molar-refractivity contribution in [2.45, 2.75) is 102 Å².